The fourth-order valence-corrected chi connectivity index (χ4v) is 5.29. The number of ether oxygens (including phenoxy) is 2. The lowest BCUT2D eigenvalue weighted by Gasteiger charge is -2.27. The Morgan fingerprint density at radius 3 is 2.74 bits per heavy atom. The van der Waals surface area contributed by atoms with Gasteiger partial charge in [-0.05, 0) is 42.1 Å². The Kier molecular flexibility index (Phi) is 6.34. The predicted octanol–water partition coefficient (Wildman–Crippen LogP) is 5.21. The summed E-state index contributed by atoms with van der Waals surface area (Å²) in [6, 6.07) is 11.9. The van der Waals surface area contributed by atoms with Crippen LogP contribution in [0, 0.1) is 17.3 Å². The maximum Gasteiger partial charge on any atom is 0.416 e. The highest BCUT2D eigenvalue weighted by Gasteiger charge is 2.62. The van der Waals surface area contributed by atoms with E-state index < -0.39 is 11.7 Å². The van der Waals surface area contributed by atoms with E-state index in [2.05, 4.69) is 14.9 Å². The molecule has 1 aromatic heterocycles. The van der Waals surface area contributed by atoms with Gasteiger partial charge in [-0.25, -0.2) is 4.98 Å². The zero-order chi connectivity index (χ0) is 23.6. The van der Waals surface area contributed by atoms with Gasteiger partial charge in [0, 0.05) is 31.9 Å². The van der Waals surface area contributed by atoms with Crippen molar-refractivity contribution in [3.8, 4) is 11.9 Å². The number of rotatable bonds is 9. The van der Waals surface area contributed by atoms with E-state index in [1.807, 2.05) is 30.3 Å². The average molecular weight is 472 g/mol. The fourth-order valence-electron chi connectivity index (χ4n) is 5.29. The second-order valence-electron chi connectivity index (χ2n) is 9.38. The molecule has 2 heterocycles. The summed E-state index contributed by atoms with van der Waals surface area (Å²) in [6.45, 7) is 3.78. The molecule has 0 spiro atoms. The third kappa shape index (κ3) is 5.12. The molecule has 1 unspecified atom stereocenters. The summed E-state index contributed by atoms with van der Waals surface area (Å²) in [5.74, 6) is 1.27. The van der Waals surface area contributed by atoms with E-state index in [0.29, 0.717) is 37.4 Å². The molecule has 180 valence electrons. The second-order valence-corrected chi connectivity index (χ2v) is 9.38. The number of aromatic nitrogens is 2. The molecule has 8 heteroatoms. The molecular formula is C26H28F3N3O2. The van der Waals surface area contributed by atoms with Crippen molar-refractivity contribution in [2.45, 2.75) is 32.0 Å². The topological polar surface area (TPSA) is 47.5 Å². The number of likely N-dealkylation sites (tertiary alicyclic amines) is 1. The van der Waals surface area contributed by atoms with Crippen LogP contribution >= 0.6 is 0 Å². The highest BCUT2D eigenvalue weighted by Crippen LogP contribution is 2.64. The molecule has 5 nitrogen and oxygen atoms in total. The summed E-state index contributed by atoms with van der Waals surface area (Å²) in [5.41, 5.74) is 0.699. The van der Waals surface area contributed by atoms with Crippen molar-refractivity contribution in [1.82, 2.24) is 14.9 Å². The number of allylic oxidation sites excluding steroid dienone is 4. The van der Waals surface area contributed by atoms with E-state index >= 15 is 0 Å². The number of alkyl halides is 3. The lowest BCUT2D eigenvalue weighted by molar-refractivity contribution is -0.0888. The van der Waals surface area contributed by atoms with Gasteiger partial charge in [-0.2, -0.15) is 18.2 Å². The lowest BCUT2D eigenvalue weighted by Crippen LogP contribution is -2.30. The zero-order valence-electron chi connectivity index (χ0n) is 18.9. The van der Waals surface area contributed by atoms with Crippen molar-refractivity contribution < 1.29 is 22.6 Å². The molecule has 0 amide bonds. The van der Waals surface area contributed by atoms with Gasteiger partial charge in [0.1, 0.15) is 6.61 Å². The average Bonchev–Trinajstić information content (AvgIpc) is 3.42. The fraction of sp³-hybridized carbons (Fsp3) is 0.462. The molecule has 1 aromatic carbocycles. The van der Waals surface area contributed by atoms with E-state index in [0.717, 1.165) is 38.0 Å². The first-order chi connectivity index (χ1) is 16.4. The van der Waals surface area contributed by atoms with Gasteiger partial charge in [0.2, 0.25) is 5.88 Å². The highest BCUT2D eigenvalue weighted by molar-refractivity contribution is 5.31. The van der Waals surface area contributed by atoms with Gasteiger partial charge in [-0.15, -0.1) is 0 Å². The molecule has 2 fully saturated rings. The van der Waals surface area contributed by atoms with Crippen molar-refractivity contribution >= 4 is 0 Å². The van der Waals surface area contributed by atoms with Crippen LogP contribution in [0.5, 0.6) is 11.9 Å². The first kappa shape index (κ1) is 22.9. The maximum atomic E-state index is 12.9. The minimum absolute atomic E-state index is 0.151. The summed E-state index contributed by atoms with van der Waals surface area (Å²) in [6.07, 6.45) is 4.24. The smallest absolute Gasteiger partial charge is 0.416 e. The second kappa shape index (κ2) is 9.41. The molecule has 3 atom stereocenters. The number of hydrogen-bond acceptors (Lipinski definition) is 5. The molecule has 0 radical (unpaired) electrons. The van der Waals surface area contributed by atoms with Gasteiger partial charge in [0.25, 0.3) is 0 Å². The first-order valence-corrected chi connectivity index (χ1v) is 11.7. The van der Waals surface area contributed by atoms with Crippen LogP contribution in [-0.4, -0.2) is 47.3 Å². The van der Waals surface area contributed by atoms with Crippen LogP contribution in [0.4, 0.5) is 13.2 Å². The number of halogens is 3. The molecular weight excluding hydrogens is 443 g/mol. The minimum Gasteiger partial charge on any atom is -0.473 e. The molecule has 2 aromatic rings. The highest BCUT2D eigenvalue weighted by atomic mass is 19.4. The molecule has 34 heavy (non-hydrogen) atoms. The minimum atomic E-state index is -4.25. The Hall–Kier alpha value is -2.87. The van der Waals surface area contributed by atoms with Gasteiger partial charge >= 0.3 is 12.2 Å². The predicted molar refractivity (Wildman–Crippen MR) is 121 cm³/mol. The molecule has 1 saturated carbocycles. The lowest BCUT2D eigenvalue weighted by atomic mass is 9.82. The van der Waals surface area contributed by atoms with E-state index in [4.69, 9.17) is 9.47 Å². The molecule has 0 bridgehead atoms. The van der Waals surface area contributed by atoms with Crippen molar-refractivity contribution in [3.05, 3.63) is 72.0 Å². The monoisotopic (exact) mass is 471 g/mol. The Balaban J connectivity index is 1.04. The van der Waals surface area contributed by atoms with Crippen molar-refractivity contribution in [2.24, 2.45) is 17.3 Å². The summed E-state index contributed by atoms with van der Waals surface area (Å²) in [5, 5.41) is 0. The molecule has 5 rings (SSSR count). The zero-order valence-corrected chi connectivity index (χ0v) is 18.9. The van der Waals surface area contributed by atoms with Crippen LogP contribution < -0.4 is 9.47 Å². The van der Waals surface area contributed by atoms with Crippen molar-refractivity contribution in [2.75, 3.05) is 26.2 Å². The number of benzene rings is 1. The first-order valence-electron chi connectivity index (χ1n) is 11.7. The van der Waals surface area contributed by atoms with Crippen molar-refractivity contribution in [3.63, 3.8) is 0 Å². The standard InChI is InChI=1S/C26H28F3N3O2/c27-26(28,29)21-9-7-20(8-10-21)25-15-22(25)16-32(18-25)13-4-14-33-24-30-12-11-23(31-24)34-17-19-5-2-1-3-6-19/h1-3,5-7,9-12,20,22H,4,8,13-18H2/t20?,22-,25+/m0/s1. The van der Waals surface area contributed by atoms with Crippen LogP contribution in [0.15, 0.2) is 66.4 Å². The van der Waals surface area contributed by atoms with E-state index in [1.54, 1.807) is 18.3 Å². The van der Waals surface area contributed by atoms with Crippen LogP contribution in [0.1, 0.15) is 24.8 Å². The maximum absolute atomic E-state index is 12.9. The third-order valence-corrected chi connectivity index (χ3v) is 7.13. The van der Waals surface area contributed by atoms with E-state index in [1.165, 1.54) is 12.2 Å². The Morgan fingerprint density at radius 1 is 1.12 bits per heavy atom. The number of hydrogen-bond donors (Lipinski definition) is 0. The Morgan fingerprint density at radius 2 is 1.97 bits per heavy atom. The largest absolute Gasteiger partial charge is 0.473 e. The van der Waals surface area contributed by atoms with Crippen LogP contribution in [0.3, 0.4) is 0 Å². The van der Waals surface area contributed by atoms with Crippen LogP contribution in [0.2, 0.25) is 0 Å². The summed E-state index contributed by atoms with van der Waals surface area (Å²) in [7, 11) is 0. The molecule has 2 aliphatic carbocycles. The molecule has 0 N–H and O–H groups in total. The number of piperidine rings is 1. The molecule has 1 saturated heterocycles. The molecule has 3 aliphatic rings. The summed E-state index contributed by atoms with van der Waals surface area (Å²) in [4.78, 5) is 10.9. The van der Waals surface area contributed by atoms with Gasteiger partial charge < -0.3 is 14.4 Å². The Bertz CT molecular complexity index is 1060. The molecule has 1 aliphatic heterocycles. The summed E-state index contributed by atoms with van der Waals surface area (Å²) >= 11 is 0. The van der Waals surface area contributed by atoms with Crippen LogP contribution in [-0.2, 0) is 6.61 Å². The SMILES string of the molecule is FC(F)(F)C1=CCC([C@]23C[C@H]2CN(CCCOc2nccc(OCc4ccccc4)n2)C3)C=C1. The van der Waals surface area contributed by atoms with E-state index in [-0.39, 0.29) is 11.3 Å². The van der Waals surface area contributed by atoms with Crippen LogP contribution in [0.25, 0.3) is 0 Å². The number of fused-ring (bicyclic) bond motifs is 1. The summed E-state index contributed by atoms with van der Waals surface area (Å²) < 4.78 is 50.1. The number of nitrogens with zero attached hydrogens (tertiary/aromatic N) is 3. The third-order valence-electron chi connectivity index (χ3n) is 7.13. The Labute approximate surface area is 197 Å². The van der Waals surface area contributed by atoms with Gasteiger partial charge in [-0.3, -0.25) is 0 Å². The van der Waals surface area contributed by atoms with Gasteiger partial charge in [-0.1, -0.05) is 48.6 Å². The van der Waals surface area contributed by atoms with Gasteiger partial charge in [0.05, 0.1) is 12.2 Å². The van der Waals surface area contributed by atoms with Gasteiger partial charge in [0.15, 0.2) is 0 Å². The van der Waals surface area contributed by atoms with E-state index in [9.17, 15) is 13.2 Å². The normalized spacial score (nSPS) is 26.1. The van der Waals surface area contributed by atoms with Crippen molar-refractivity contribution in [1.29, 1.82) is 0 Å². The quantitative estimate of drug-likeness (QED) is 0.470.